The summed E-state index contributed by atoms with van der Waals surface area (Å²) in [6.45, 7) is 3.43. The molecule has 6 heavy (non-hydrogen) atoms. The van der Waals surface area contributed by atoms with Gasteiger partial charge in [-0.1, -0.05) is 6.08 Å². The highest BCUT2D eigenvalue weighted by atomic mass is 16.3. The number of hydrogen-bond acceptors (Lipinski definition) is 1. The third kappa shape index (κ3) is 9.72. The zero-order chi connectivity index (χ0) is 4.28. The molecule has 0 saturated carbocycles. The van der Waals surface area contributed by atoms with Crippen LogP contribution in [0.3, 0.4) is 0 Å². The van der Waals surface area contributed by atoms with Crippen molar-refractivity contribution in [3.05, 3.63) is 11.8 Å². The maximum atomic E-state index is 8.22. The van der Waals surface area contributed by atoms with Gasteiger partial charge in [-0.25, -0.2) is 0 Å². The molecule has 3 N–H and O–H groups in total. The van der Waals surface area contributed by atoms with Crippen LogP contribution in [0.1, 0.15) is 13.8 Å². The van der Waals surface area contributed by atoms with E-state index >= 15 is 0 Å². The molecule has 0 fully saturated rings. The minimum atomic E-state index is 0. The Kier molecular flexibility index (Phi) is 6.82. The van der Waals surface area contributed by atoms with Crippen LogP contribution in [0.25, 0.3) is 0 Å². The van der Waals surface area contributed by atoms with E-state index in [0.717, 1.165) is 0 Å². The van der Waals surface area contributed by atoms with Crippen molar-refractivity contribution in [3.63, 3.8) is 0 Å². The number of allylic oxidation sites excluding steroid dienone is 2. The van der Waals surface area contributed by atoms with E-state index < -0.39 is 0 Å². The van der Waals surface area contributed by atoms with Crippen molar-refractivity contribution in [1.82, 2.24) is 0 Å². The van der Waals surface area contributed by atoms with Crippen molar-refractivity contribution in [2.45, 2.75) is 13.8 Å². The number of aliphatic hydroxyl groups excluding tert-OH is 1. The molecule has 0 amide bonds. The van der Waals surface area contributed by atoms with Gasteiger partial charge in [-0.3, -0.25) is 0 Å². The lowest BCUT2D eigenvalue weighted by atomic mass is 10.5. The minimum absolute atomic E-state index is 0. The van der Waals surface area contributed by atoms with Crippen molar-refractivity contribution < 1.29 is 10.6 Å². The maximum absolute atomic E-state index is 8.22. The molecule has 0 aromatic heterocycles. The third-order valence-electron chi connectivity index (χ3n) is 0.418. The van der Waals surface area contributed by atoms with Gasteiger partial charge in [0.2, 0.25) is 0 Å². The molecule has 0 heterocycles. The van der Waals surface area contributed by atoms with Gasteiger partial charge in [-0.2, -0.15) is 0 Å². The molecule has 0 atom stereocenters. The normalized spacial score (nSPS) is 10.0. The lowest BCUT2D eigenvalue weighted by Crippen LogP contribution is -1.60. The Hall–Kier alpha value is -0.500. The zero-order valence-electron chi connectivity index (χ0n) is 4.02. The average Bonchev–Trinajstić information content (AvgIpc) is 1.38. The van der Waals surface area contributed by atoms with E-state index in [1.54, 1.807) is 19.9 Å². The van der Waals surface area contributed by atoms with Crippen LogP contribution in [-0.4, -0.2) is 10.6 Å². The Labute approximate surface area is 37.4 Å². The van der Waals surface area contributed by atoms with E-state index in [-0.39, 0.29) is 5.48 Å². The first kappa shape index (κ1) is 9.09. The molecular weight excluding hydrogens is 80.0 g/mol. The second kappa shape index (κ2) is 4.50. The molecule has 0 saturated heterocycles. The summed E-state index contributed by atoms with van der Waals surface area (Å²) >= 11 is 0. The average molecular weight is 90.1 g/mol. The smallest absolute Gasteiger partial charge is 0.0849 e. The highest BCUT2D eigenvalue weighted by Gasteiger charge is 1.63. The molecule has 0 bridgehead atoms. The molecule has 0 aliphatic heterocycles. The van der Waals surface area contributed by atoms with E-state index in [0.29, 0.717) is 5.76 Å². The van der Waals surface area contributed by atoms with E-state index in [4.69, 9.17) is 5.11 Å². The van der Waals surface area contributed by atoms with Crippen LogP contribution in [0, 0.1) is 0 Å². The lowest BCUT2D eigenvalue weighted by molar-refractivity contribution is 0.413. The fourth-order valence-electron chi connectivity index (χ4n) is 0. The second-order valence-electron chi connectivity index (χ2n) is 0.930. The summed E-state index contributed by atoms with van der Waals surface area (Å²) in [6, 6.07) is 0. The van der Waals surface area contributed by atoms with Gasteiger partial charge in [-0.15, -0.1) is 0 Å². The van der Waals surface area contributed by atoms with E-state index in [9.17, 15) is 0 Å². The first-order valence-corrected chi connectivity index (χ1v) is 1.59. The monoisotopic (exact) mass is 90.1 g/mol. The van der Waals surface area contributed by atoms with Gasteiger partial charge >= 0.3 is 0 Å². The first-order chi connectivity index (χ1) is 2.27. The largest absolute Gasteiger partial charge is 0.513 e. The number of aliphatic hydroxyl groups is 1. The zero-order valence-corrected chi connectivity index (χ0v) is 4.02. The molecule has 0 radical (unpaired) electrons. The Bertz CT molecular complexity index is 43.5. The van der Waals surface area contributed by atoms with E-state index in [1.165, 1.54) is 0 Å². The van der Waals surface area contributed by atoms with E-state index in [1.807, 2.05) is 0 Å². The molecule has 0 aromatic rings. The van der Waals surface area contributed by atoms with Crippen LogP contribution in [0.5, 0.6) is 0 Å². The summed E-state index contributed by atoms with van der Waals surface area (Å²) in [5.74, 6) is 0.380. The van der Waals surface area contributed by atoms with Gasteiger partial charge in [0.05, 0.1) is 5.76 Å². The van der Waals surface area contributed by atoms with Gasteiger partial charge < -0.3 is 10.6 Å². The van der Waals surface area contributed by atoms with Gasteiger partial charge in [0.15, 0.2) is 0 Å². The maximum Gasteiger partial charge on any atom is 0.0849 e. The van der Waals surface area contributed by atoms with Gasteiger partial charge in [0.25, 0.3) is 0 Å². The Morgan fingerprint density at radius 1 is 1.67 bits per heavy atom. The quantitative estimate of drug-likeness (QED) is 0.436. The van der Waals surface area contributed by atoms with Gasteiger partial charge in [-0.05, 0) is 13.8 Å². The molecule has 2 heteroatoms. The summed E-state index contributed by atoms with van der Waals surface area (Å²) in [7, 11) is 0. The van der Waals surface area contributed by atoms with Crippen LogP contribution in [-0.2, 0) is 0 Å². The number of rotatable bonds is 0. The van der Waals surface area contributed by atoms with Crippen molar-refractivity contribution in [2.75, 3.05) is 0 Å². The van der Waals surface area contributed by atoms with Crippen molar-refractivity contribution in [3.8, 4) is 0 Å². The van der Waals surface area contributed by atoms with Gasteiger partial charge in [0, 0.05) is 0 Å². The number of hydrogen-bond donors (Lipinski definition) is 1. The van der Waals surface area contributed by atoms with Crippen molar-refractivity contribution in [2.24, 2.45) is 0 Å². The molecule has 0 rings (SSSR count). The summed E-state index contributed by atoms with van der Waals surface area (Å²) in [5.41, 5.74) is 0. The standard InChI is InChI=1S/C4H8O.H2O/c1-3-4(2)5;/h3,5H,1-2H3;1H2. The Morgan fingerprint density at radius 3 is 1.83 bits per heavy atom. The lowest BCUT2D eigenvalue weighted by Gasteiger charge is -1.75. The predicted octanol–water partition coefficient (Wildman–Crippen LogP) is 0.643. The molecule has 0 unspecified atom stereocenters. The molecule has 0 spiro atoms. The SMILES string of the molecule is CC=C(C)O.O. The van der Waals surface area contributed by atoms with Crippen molar-refractivity contribution in [1.29, 1.82) is 0 Å². The highest BCUT2D eigenvalue weighted by Crippen LogP contribution is 1.77. The fourth-order valence-corrected chi connectivity index (χ4v) is 0. The molecule has 2 nitrogen and oxygen atoms in total. The van der Waals surface area contributed by atoms with Gasteiger partial charge in [0.1, 0.15) is 0 Å². The second-order valence-corrected chi connectivity index (χ2v) is 0.930. The fraction of sp³-hybridized carbons (Fsp3) is 0.500. The van der Waals surface area contributed by atoms with Crippen LogP contribution >= 0.6 is 0 Å². The highest BCUT2D eigenvalue weighted by molar-refractivity contribution is 4.79. The molecular formula is C4H10O2. The molecule has 0 aromatic carbocycles. The molecule has 38 valence electrons. The van der Waals surface area contributed by atoms with Crippen LogP contribution in [0.4, 0.5) is 0 Å². The van der Waals surface area contributed by atoms with Crippen LogP contribution < -0.4 is 0 Å². The Balaban J connectivity index is 0. The van der Waals surface area contributed by atoms with Crippen LogP contribution in [0.2, 0.25) is 0 Å². The predicted molar refractivity (Wildman–Crippen MR) is 25.7 cm³/mol. The summed E-state index contributed by atoms with van der Waals surface area (Å²) in [5, 5.41) is 8.22. The third-order valence-corrected chi connectivity index (χ3v) is 0.418. The molecule has 0 aliphatic carbocycles. The first-order valence-electron chi connectivity index (χ1n) is 1.59. The summed E-state index contributed by atoms with van der Waals surface area (Å²) in [4.78, 5) is 0. The van der Waals surface area contributed by atoms with E-state index in [2.05, 4.69) is 0 Å². The minimum Gasteiger partial charge on any atom is -0.513 e. The summed E-state index contributed by atoms with van der Waals surface area (Å²) < 4.78 is 0. The molecule has 0 aliphatic rings. The Morgan fingerprint density at radius 2 is 1.83 bits per heavy atom. The topological polar surface area (TPSA) is 51.7 Å². The summed E-state index contributed by atoms with van der Waals surface area (Å²) in [6.07, 6.45) is 1.64. The van der Waals surface area contributed by atoms with Crippen LogP contribution in [0.15, 0.2) is 11.8 Å². The van der Waals surface area contributed by atoms with Crippen molar-refractivity contribution >= 4 is 0 Å².